The summed E-state index contributed by atoms with van der Waals surface area (Å²) in [6.07, 6.45) is 0. The molecule has 6 nitrogen and oxygen atoms in total. The largest absolute Gasteiger partial charge is 0.496 e. The molecule has 0 saturated carbocycles. The Bertz CT molecular complexity index is 744. The first-order valence-electron chi connectivity index (χ1n) is 8.11. The first-order valence-corrected chi connectivity index (χ1v) is 8.11. The number of nitro groups is 1. The summed E-state index contributed by atoms with van der Waals surface area (Å²) in [5, 5.41) is 11.0. The predicted octanol–water partition coefficient (Wildman–Crippen LogP) is 3.06. The van der Waals surface area contributed by atoms with Gasteiger partial charge in [-0.1, -0.05) is 0 Å². The zero-order valence-electron chi connectivity index (χ0n) is 14.0. The van der Waals surface area contributed by atoms with E-state index in [1.807, 2.05) is 0 Å². The van der Waals surface area contributed by atoms with E-state index in [-0.39, 0.29) is 11.5 Å². The number of ether oxygens (including phenoxy) is 1. The molecule has 2 aromatic carbocycles. The highest BCUT2D eigenvalue weighted by molar-refractivity contribution is 5.47. The SMILES string of the molecule is COc1ccc([N+](=O)[O-])cc1CN1CCN(c2ccc(F)cc2)CC1. The molecule has 0 radical (unpaired) electrons. The fraction of sp³-hybridized carbons (Fsp3) is 0.333. The van der Waals surface area contributed by atoms with E-state index in [1.165, 1.54) is 18.2 Å². The monoisotopic (exact) mass is 345 g/mol. The molecule has 2 aromatic rings. The Morgan fingerprint density at radius 3 is 2.40 bits per heavy atom. The number of piperazine rings is 1. The van der Waals surface area contributed by atoms with E-state index in [1.54, 1.807) is 31.4 Å². The molecular weight excluding hydrogens is 325 g/mol. The molecule has 1 aliphatic rings. The van der Waals surface area contributed by atoms with E-state index in [0.717, 1.165) is 37.4 Å². The second-order valence-corrected chi connectivity index (χ2v) is 5.99. The number of hydrogen-bond acceptors (Lipinski definition) is 5. The number of non-ortho nitro benzene ring substituents is 1. The molecule has 1 aliphatic heterocycles. The average Bonchev–Trinajstić information content (AvgIpc) is 2.63. The summed E-state index contributed by atoms with van der Waals surface area (Å²) in [5.41, 5.74) is 1.89. The van der Waals surface area contributed by atoms with Gasteiger partial charge in [-0.05, 0) is 30.3 Å². The van der Waals surface area contributed by atoms with E-state index >= 15 is 0 Å². The van der Waals surface area contributed by atoms with Crippen LogP contribution in [0.15, 0.2) is 42.5 Å². The molecule has 132 valence electrons. The fourth-order valence-corrected chi connectivity index (χ4v) is 3.06. The van der Waals surface area contributed by atoms with E-state index in [4.69, 9.17) is 4.74 Å². The number of methoxy groups -OCH3 is 1. The smallest absolute Gasteiger partial charge is 0.270 e. The summed E-state index contributed by atoms with van der Waals surface area (Å²) in [7, 11) is 1.57. The number of nitrogens with zero attached hydrogens (tertiary/aromatic N) is 3. The van der Waals surface area contributed by atoms with Crippen LogP contribution in [0.5, 0.6) is 5.75 Å². The molecule has 1 saturated heterocycles. The zero-order chi connectivity index (χ0) is 17.8. The van der Waals surface area contributed by atoms with Gasteiger partial charge < -0.3 is 9.64 Å². The van der Waals surface area contributed by atoms with Crippen molar-refractivity contribution in [2.24, 2.45) is 0 Å². The van der Waals surface area contributed by atoms with Gasteiger partial charge >= 0.3 is 0 Å². The molecule has 0 bridgehead atoms. The van der Waals surface area contributed by atoms with Gasteiger partial charge in [-0.25, -0.2) is 4.39 Å². The Kier molecular flexibility index (Phi) is 5.14. The molecule has 1 fully saturated rings. The lowest BCUT2D eigenvalue weighted by molar-refractivity contribution is -0.385. The molecule has 0 aromatic heterocycles. The van der Waals surface area contributed by atoms with Crippen molar-refractivity contribution in [3.63, 3.8) is 0 Å². The number of halogens is 1. The van der Waals surface area contributed by atoms with Gasteiger partial charge in [-0.15, -0.1) is 0 Å². The fourth-order valence-electron chi connectivity index (χ4n) is 3.06. The van der Waals surface area contributed by atoms with Gasteiger partial charge in [0.05, 0.1) is 12.0 Å². The van der Waals surface area contributed by atoms with Crippen LogP contribution in [-0.4, -0.2) is 43.1 Å². The molecule has 0 amide bonds. The number of anilines is 1. The minimum Gasteiger partial charge on any atom is -0.496 e. The summed E-state index contributed by atoms with van der Waals surface area (Å²) in [5.74, 6) is 0.423. The van der Waals surface area contributed by atoms with Crippen molar-refractivity contribution in [3.8, 4) is 5.75 Å². The van der Waals surface area contributed by atoms with Crippen LogP contribution < -0.4 is 9.64 Å². The molecule has 0 unspecified atom stereocenters. The Morgan fingerprint density at radius 2 is 1.80 bits per heavy atom. The van der Waals surface area contributed by atoms with Crippen molar-refractivity contribution in [1.82, 2.24) is 4.90 Å². The summed E-state index contributed by atoms with van der Waals surface area (Å²) in [6.45, 7) is 3.89. The molecule has 3 rings (SSSR count). The Balaban J connectivity index is 1.65. The van der Waals surface area contributed by atoms with Crippen LogP contribution in [-0.2, 0) is 6.54 Å². The molecule has 1 heterocycles. The third-order valence-corrected chi connectivity index (χ3v) is 4.43. The summed E-state index contributed by atoms with van der Waals surface area (Å²) in [4.78, 5) is 15.0. The lowest BCUT2D eigenvalue weighted by Crippen LogP contribution is -2.46. The predicted molar refractivity (Wildman–Crippen MR) is 93.5 cm³/mol. The third-order valence-electron chi connectivity index (χ3n) is 4.43. The van der Waals surface area contributed by atoms with E-state index in [2.05, 4.69) is 9.80 Å². The van der Waals surface area contributed by atoms with Gasteiger partial charge in [0.2, 0.25) is 0 Å². The highest BCUT2D eigenvalue weighted by Crippen LogP contribution is 2.26. The maximum Gasteiger partial charge on any atom is 0.270 e. The Labute approximate surface area is 145 Å². The minimum absolute atomic E-state index is 0.0701. The van der Waals surface area contributed by atoms with E-state index in [9.17, 15) is 14.5 Å². The maximum absolute atomic E-state index is 13.0. The van der Waals surface area contributed by atoms with Crippen LogP contribution in [0.3, 0.4) is 0 Å². The zero-order valence-corrected chi connectivity index (χ0v) is 14.0. The highest BCUT2D eigenvalue weighted by Gasteiger charge is 2.20. The Hall–Kier alpha value is -2.67. The van der Waals surface area contributed by atoms with Gasteiger partial charge in [0.15, 0.2) is 0 Å². The van der Waals surface area contributed by atoms with Crippen molar-refractivity contribution < 1.29 is 14.1 Å². The topological polar surface area (TPSA) is 58.9 Å². The first kappa shape index (κ1) is 17.2. The van der Waals surface area contributed by atoms with Crippen LogP contribution in [0.2, 0.25) is 0 Å². The molecule has 0 N–H and O–H groups in total. The third kappa shape index (κ3) is 4.06. The quantitative estimate of drug-likeness (QED) is 0.616. The maximum atomic E-state index is 13.0. The van der Waals surface area contributed by atoms with Gasteiger partial charge in [0.25, 0.3) is 5.69 Å². The van der Waals surface area contributed by atoms with Crippen molar-refractivity contribution in [2.75, 3.05) is 38.2 Å². The number of benzene rings is 2. The van der Waals surface area contributed by atoms with E-state index < -0.39 is 4.92 Å². The number of hydrogen-bond donors (Lipinski definition) is 0. The van der Waals surface area contributed by atoms with Gasteiger partial charge in [-0.2, -0.15) is 0 Å². The van der Waals surface area contributed by atoms with Crippen LogP contribution in [0.4, 0.5) is 15.8 Å². The van der Waals surface area contributed by atoms with Crippen LogP contribution in [0, 0.1) is 15.9 Å². The van der Waals surface area contributed by atoms with Crippen molar-refractivity contribution in [3.05, 3.63) is 64.0 Å². The number of nitro benzene ring substituents is 1. The van der Waals surface area contributed by atoms with Crippen LogP contribution in [0.25, 0.3) is 0 Å². The molecule has 0 atom stereocenters. The molecule has 25 heavy (non-hydrogen) atoms. The normalized spacial score (nSPS) is 15.2. The summed E-state index contributed by atoms with van der Waals surface area (Å²) < 4.78 is 18.4. The molecule has 7 heteroatoms. The molecule has 0 spiro atoms. The molecular formula is C18H20FN3O3. The van der Waals surface area contributed by atoms with Crippen LogP contribution >= 0.6 is 0 Å². The van der Waals surface area contributed by atoms with Crippen molar-refractivity contribution in [2.45, 2.75) is 6.54 Å². The second kappa shape index (κ2) is 7.48. The standard InChI is InChI=1S/C18H20FN3O3/c1-25-18-7-6-17(22(23)24)12-14(18)13-20-8-10-21(11-9-20)16-4-2-15(19)3-5-16/h2-7,12H,8-11,13H2,1H3. The lowest BCUT2D eigenvalue weighted by atomic mass is 10.1. The van der Waals surface area contributed by atoms with Crippen LogP contribution in [0.1, 0.15) is 5.56 Å². The average molecular weight is 345 g/mol. The highest BCUT2D eigenvalue weighted by atomic mass is 19.1. The molecule has 0 aliphatic carbocycles. The van der Waals surface area contributed by atoms with Crippen molar-refractivity contribution in [1.29, 1.82) is 0 Å². The van der Waals surface area contributed by atoms with Gasteiger partial charge in [-0.3, -0.25) is 15.0 Å². The minimum atomic E-state index is -0.393. The van der Waals surface area contributed by atoms with Crippen molar-refractivity contribution >= 4 is 11.4 Å². The van der Waals surface area contributed by atoms with E-state index in [0.29, 0.717) is 12.3 Å². The van der Waals surface area contributed by atoms with Gasteiger partial charge in [0.1, 0.15) is 11.6 Å². The first-order chi connectivity index (χ1) is 12.1. The summed E-state index contributed by atoms with van der Waals surface area (Å²) in [6, 6.07) is 11.2. The second-order valence-electron chi connectivity index (χ2n) is 5.99. The Morgan fingerprint density at radius 1 is 1.12 bits per heavy atom. The van der Waals surface area contributed by atoms with Gasteiger partial charge in [0, 0.05) is 56.1 Å². The lowest BCUT2D eigenvalue weighted by Gasteiger charge is -2.36. The summed E-state index contributed by atoms with van der Waals surface area (Å²) >= 11 is 0. The number of rotatable bonds is 5.